The van der Waals surface area contributed by atoms with Crippen molar-refractivity contribution in [3.05, 3.63) is 23.9 Å². The summed E-state index contributed by atoms with van der Waals surface area (Å²) in [5.41, 5.74) is 5.50. The fraction of sp³-hybridized carbons (Fsp3) is 0.571. The molecule has 0 radical (unpaired) electrons. The van der Waals surface area contributed by atoms with Crippen LogP contribution in [0.2, 0.25) is 0 Å². The van der Waals surface area contributed by atoms with Crippen molar-refractivity contribution in [1.82, 2.24) is 10.3 Å². The predicted molar refractivity (Wildman–Crippen MR) is 80.7 cm³/mol. The van der Waals surface area contributed by atoms with Crippen LogP contribution in [0.3, 0.4) is 0 Å². The Morgan fingerprint density at radius 3 is 2.52 bits per heavy atom. The SMILES string of the molecule is CC(CN)(NC(=O)c1ccc(OCC(F)(F)F)nc1)C1CC1.Cl. The molecule has 0 aromatic carbocycles. The Morgan fingerprint density at radius 1 is 1.43 bits per heavy atom. The second-order valence-corrected chi connectivity index (χ2v) is 5.64. The summed E-state index contributed by atoms with van der Waals surface area (Å²) in [6, 6.07) is 2.61. The maximum atomic E-state index is 12.2. The highest BCUT2D eigenvalue weighted by atomic mass is 35.5. The average Bonchev–Trinajstić information content (AvgIpc) is 3.29. The third-order valence-corrected chi connectivity index (χ3v) is 3.68. The van der Waals surface area contributed by atoms with Gasteiger partial charge < -0.3 is 15.8 Å². The van der Waals surface area contributed by atoms with E-state index in [0.717, 1.165) is 12.8 Å². The summed E-state index contributed by atoms with van der Waals surface area (Å²) >= 11 is 0. The third-order valence-electron chi connectivity index (χ3n) is 3.68. The molecule has 0 spiro atoms. The number of amides is 1. The van der Waals surface area contributed by atoms with Crippen molar-refractivity contribution in [2.45, 2.75) is 31.5 Å². The number of nitrogens with zero attached hydrogens (tertiary/aromatic N) is 1. The quantitative estimate of drug-likeness (QED) is 0.822. The summed E-state index contributed by atoms with van der Waals surface area (Å²) in [5.74, 6) is -0.170. The van der Waals surface area contributed by atoms with Gasteiger partial charge in [-0.05, 0) is 31.7 Å². The predicted octanol–water partition coefficient (Wildman–Crippen LogP) is 2.30. The molecule has 0 bridgehead atoms. The number of nitrogens with one attached hydrogen (secondary N) is 1. The molecule has 1 aromatic heterocycles. The van der Waals surface area contributed by atoms with Gasteiger partial charge in [-0.3, -0.25) is 4.79 Å². The zero-order valence-electron chi connectivity index (χ0n) is 12.5. The molecule has 2 rings (SSSR count). The number of ether oxygens (including phenoxy) is 1. The van der Waals surface area contributed by atoms with E-state index in [1.54, 1.807) is 0 Å². The highest BCUT2D eigenvalue weighted by molar-refractivity contribution is 5.94. The van der Waals surface area contributed by atoms with Crippen LogP contribution in [0, 0.1) is 5.92 Å². The second kappa shape index (κ2) is 7.35. The van der Waals surface area contributed by atoms with Crippen molar-refractivity contribution in [2.75, 3.05) is 13.2 Å². The minimum Gasteiger partial charge on any atom is -0.468 e. The number of rotatable bonds is 6. The molecule has 3 N–H and O–H groups in total. The van der Waals surface area contributed by atoms with Gasteiger partial charge in [-0.1, -0.05) is 0 Å². The van der Waals surface area contributed by atoms with E-state index in [2.05, 4.69) is 15.0 Å². The lowest BCUT2D eigenvalue weighted by Crippen LogP contribution is -2.53. The van der Waals surface area contributed by atoms with Crippen molar-refractivity contribution in [1.29, 1.82) is 0 Å². The molecule has 1 aliphatic rings. The van der Waals surface area contributed by atoms with Gasteiger partial charge in [0.25, 0.3) is 5.91 Å². The van der Waals surface area contributed by atoms with Gasteiger partial charge in [-0.25, -0.2) is 4.98 Å². The third kappa shape index (κ3) is 5.54. The largest absolute Gasteiger partial charge is 0.468 e. The minimum absolute atomic E-state index is 0. The number of halogens is 4. The van der Waals surface area contributed by atoms with Crippen LogP contribution in [0.15, 0.2) is 18.3 Å². The minimum atomic E-state index is -4.43. The summed E-state index contributed by atoms with van der Waals surface area (Å²) in [6.45, 7) is 0.791. The maximum absolute atomic E-state index is 12.2. The summed E-state index contributed by atoms with van der Waals surface area (Å²) < 4.78 is 40.6. The van der Waals surface area contributed by atoms with E-state index in [0.29, 0.717) is 12.5 Å². The molecular weight excluding hydrogens is 335 g/mol. The number of hydrogen-bond donors (Lipinski definition) is 2. The fourth-order valence-electron chi connectivity index (χ4n) is 2.13. The van der Waals surface area contributed by atoms with E-state index in [1.165, 1.54) is 18.3 Å². The Hall–Kier alpha value is -1.54. The van der Waals surface area contributed by atoms with Crippen LogP contribution in [-0.2, 0) is 0 Å². The van der Waals surface area contributed by atoms with E-state index in [1.807, 2.05) is 6.92 Å². The first-order valence-electron chi connectivity index (χ1n) is 6.92. The van der Waals surface area contributed by atoms with Crippen LogP contribution in [0.25, 0.3) is 0 Å². The highest BCUT2D eigenvalue weighted by Crippen LogP contribution is 2.39. The molecule has 1 atom stereocenters. The zero-order valence-corrected chi connectivity index (χ0v) is 13.3. The number of hydrogen-bond acceptors (Lipinski definition) is 4. The summed E-state index contributed by atoms with van der Waals surface area (Å²) in [6.07, 6.45) is -1.19. The van der Waals surface area contributed by atoms with Crippen molar-refractivity contribution < 1.29 is 22.7 Å². The van der Waals surface area contributed by atoms with Crippen LogP contribution in [0.4, 0.5) is 13.2 Å². The van der Waals surface area contributed by atoms with Gasteiger partial charge in [0.15, 0.2) is 6.61 Å². The van der Waals surface area contributed by atoms with Crippen LogP contribution in [0.5, 0.6) is 5.88 Å². The molecule has 0 aliphatic heterocycles. The first-order chi connectivity index (χ1) is 10.2. The van der Waals surface area contributed by atoms with E-state index >= 15 is 0 Å². The molecule has 130 valence electrons. The molecule has 23 heavy (non-hydrogen) atoms. The fourth-order valence-corrected chi connectivity index (χ4v) is 2.13. The van der Waals surface area contributed by atoms with Crippen molar-refractivity contribution in [3.8, 4) is 5.88 Å². The van der Waals surface area contributed by atoms with E-state index in [9.17, 15) is 18.0 Å². The first-order valence-corrected chi connectivity index (χ1v) is 6.92. The van der Waals surface area contributed by atoms with E-state index in [-0.39, 0.29) is 29.8 Å². The summed E-state index contributed by atoms with van der Waals surface area (Å²) in [7, 11) is 0. The Morgan fingerprint density at radius 2 is 2.09 bits per heavy atom. The standard InChI is InChI=1S/C14H18F3N3O2.ClH/c1-13(7-18,10-3-4-10)20-12(21)9-2-5-11(19-6-9)22-8-14(15,16)17;/h2,5-6,10H,3-4,7-8,18H2,1H3,(H,20,21);1H. The van der Waals surface area contributed by atoms with E-state index < -0.39 is 18.3 Å². The number of aromatic nitrogens is 1. The van der Waals surface area contributed by atoms with Gasteiger partial charge in [0, 0.05) is 18.8 Å². The summed E-state index contributed by atoms with van der Waals surface area (Å²) in [4.78, 5) is 15.9. The number of carbonyl (C=O) groups excluding carboxylic acids is 1. The maximum Gasteiger partial charge on any atom is 0.422 e. The molecule has 9 heteroatoms. The van der Waals surface area contributed by atoms with Gasteiger partial charge in [0.2, 0.25) is 5.88 Å². The van der Waals surface area contributed by atoms with Gasteiger partial charge in [0.05, 0.1) is 11.1 Å². The Kier molecular flexibility index (Phi) is 6.24. The van der Waals surface area contributed by atoms with Gasteiger partial charge in [-0.15, -0.1) is 12.4 Å². The molecule has 0 saturated heterocycles. The lowest BCUT2D eigenvalue weighted by atomic mass is 9.95. The van der Waals surface area contributed by atoms with Gasteiger partial charge >= 0.3 is 6.18 Å². The smallest absolute Gasteiger partial charge is 0.422 e. The van der Waals surface area contributed by atoms with Crippen molar-refractivity contribution in [2.24, 2.45) is 11.7 Å². The molecule has 1 unspecified atom stereocenters. The van der Waals surface area contributed by atoms with Crippen LogP contribution < -0.4 is 15.8 Å². The molecular formula is C14H19ClF3N3O2. The topological polar surface area (TPSA) is 77.2 Å². The van der Waals surface area contributed by atoms with Crippen LogP contribution >= 0.6 is 12.4 Å². The molecule has 1 aliphatic carbocycles. The molecule has 1 fully saturated rings. The first kappa shape index (κ1) is 19.5. The lowest BCUT2D eigenvalue weighted by Gasteiger charge is -2.29. The average molecular weight is 354 g/mol. The zero-order chi connectivity index (χ0) is 16.4. The van der Waals surface area contributed by atoms with Crippen LogP contribution in [0.1, 0.15) is 30.1 Å². The second-order valence-electron chi connectivity index (χ2n) is 5.64. The van der Waals surface area contributed by atoms with Gasteiger partial charge in [-0.2, -0.15) is 13.2 Å². The number of alkyl halides is 3. The Labute approximate surface area is 138 Å². The normalized spacial score (nSPS) is 16.9. The van der Waals surface area contributed by atoms with Gasteiger partial charge in [0.1, 0.15) is 0 Å². The Balaban J connectivity index is 0.00000264. The van der Waals surface area contributed by atoms with E-state index in [4.69, 9.17) is 5.73 Å². The number of pyridine rings is 1. The Bertz CT molecular complexity index is 535. The summed E-state index contributed by atoms with van der Waals surface area (Å²) in [5, 5.41) is 2.87. The molecule has 1 amide bonds. The monoisotopic (exact) mass is 353 g/mol. The van der Waals surface area contributed by atoms with Crippen molar-refractivity contribution in [3.63, 3.8) is 0 Å². The molecule has 1 heterocycles. The molecule has 5 nitrogen and oxygen atoms in total. The molecule has 1 aromatic rings. The van der Waals surface area contributed by atoms with Crippen LogP contribution in [-0.4, -0.2) is 35.8 Å². The molecule has 1 saturated carbocycles. The van der Waals surface area contributed by atoms with Crippen molar-refractivity contribution >= 4 is 18.3 Å². The number of nitrogens with two attached hydrogens (primary N) is 1. The number of carbonyl (C=O) groups is 1. The lowest BCUT2D eigenvalue weighted by molar-refractivity contribution is -0.154. The highest BCUT2D eigenvalue weighted by Gasteiger charge is 2.41.